The van der Waals surface area contributed by atoms with Crippen molar-refractivity contribution in [2.45, 2.75) is 26.2 Å². The van der Waals surface area contributed by atoms with Gasteiger partial charge in [0.1, 0.15) is 5.78 Å². The van der Waals surface area contributed by atoms with Gasteiger partial charge in [-0.05, 0) is 18.8 Å². The molecule has 1 rings (SSSR count). The summed E-state index contributed by atoms with van der Waals surface area (Å²) in [5.41, 5.74) is 0. The maximum atomic E-state index is 11.1. The number of hydrogen-bond acceptors (Lipinski definition) is 1. The monoisotopic (exact) mass is 138 g/mol. The normalized spacial score (nSPS) is 33.9. The zero-order valence-electron chi connectivity index (χ0n) is 6.47. The fourth-order valence-corrected chi connectivity index (χ4v) is 1.55. The number of allylic oxidation sites excluding steroid dienone is 1. The average Bonchev–Trinajstić information content (AvgIpc) is 1.95. The van der Waals surface area contributed by atoms with Crippen LogP contribution in [0.15, 0.2) is 12.7 Å². The third-order valence-electron chi connectivity index (χ3n) is 2.41. The van der Waals surface area contributed by atoms with Crippen LogP contribution in [0.5, 0.6) is 0 Å². The maximum absolute atomic E-state index is 11.1. The Morgan fingerprint density at radius 2 is 2.40 bits per heavy atom. The van der Waals surface area contributed by atoms with Gasteiger partial charge in [0, 0.05) is 12.3 Å². The van der Waals surface area contributed by atoms with Crippen molar-refractivity contribution in [3.05, 3.63) is 12.7 Å². The Bertz CT molecular complexity index is 149. The predicted molar refractivity (Wildman–Crippen MR) is 41.7 cm³/mol. The van der Waals surface area contributed by atoms with E-state index >= 15 is 0 Å². The third kappa shape index (κ3) is 1.28. The zero-order valence-corrected chi connectivity index (χ0v) is 6.47. The Balaban J connectivity index is 2.59. The second-order valence-electron chi connectivity index (χ2n) is 3.05. The molecular weight excluding hydrogens is 124 g/mol. The van der Waals surface area contributed by atoms with Crippen LogP contribution in [0.4, 0.5) is 0 Å². The van der Waals surface area contributed by atoms with Gasteiger partial charge < -0.3 is 0 Å². The smallest absolute Gasteiger partial charge is 0.136 e. The van der Waals surface area contributed by atoms with Gasteiger partial charge in [0.15, 0.2) is 0 Å². The van der Waals surface area contributed by atoms with E-state index in [1.165, 1.54) is 0 Å². The summed E-state index contributed by atoms with van der Waals surface area (Å²) in [5, 5.41) is 0. The van der Waals surface area contributed by atoms with Crippen LogP contribution in [0.1, 0.15) is 26.2 Å². The summed E-state index contributed by atoms with van der Waals surface area (Å²) >= 11 is 0. The molecule has 0 N–H and O–H groups in total. The molecule has 1 fully saturated rings. The standard InChI is InChI=1S/C9H14O/c1-3-8-5-4-6-9(10)7(8)2/h3,7-8H,1,4-6H2,2H3/t7-,8-/m0/s1. The summed E-state index contributed by atoms with van der Waals surface area (Å²) < 4.78 is 0. The van der Waals surface area contributed by atoms with Crippen molar-refractivity contribution < 1.29 is 4.79 Å². The molecule has 2 atom stereocenters. The molecule has 0 aliphatic heterocycles. The van der Waals surface area contributed by atoms with Gasteiger partial charge in [-0.15, -0.1) is 6.58 Å². The zero-order chi connectivity index (χ0) is 7.56. The molecule has 0 saturated heterocycles. The van der Waals surface area contributed by atoms with Gasteiger partial charge in [0.2, 0.25) is 0 Å². The van der Waals surface area contributed by atoms with Crippen LogP contribution in [-0.4, -0.2) is 5.78 Å². The van der Waals surface area contributed by atoms with E-state index in [0.717, 1.165) is 19.3 Å². The predicted octanol–water partition coefficient (Wildman–Crippen LogP) is 2.18. The van der Waals surface area contributed by atoms with Crippen molar-refractivity contribution >= 4 is 5.78 Å². The molecule has 1 nitrogen and oxygen atoms in total. The first-order chi connectivity index (χ1) is 4.75. The van der Waals surface area contributed by atoms with Gasteiger partial charge in [-0.1, -0.05) is 13.0 Å². The van der Waals surface area contributed by atoms with E-state index in [4.69, 9.17) is 0 Å². The molecule has 0 radical (unpaired) electrons. The minimum absolute atomic E-state index is 0.228. The number of Topliss-reactive ketones (excluding diaryl/α,β-unsaturated/α-hetero) is 1. The van der Waals surface area contributed by atoms with E-state index < -0.39 is 0 Å². The van der Waals surface area contributed by atoms with Gasteiger partial charge in [0.25, 0.3) is 0 Å². The van der Waals surface area contributed by atoms with E-state index in [2.05, 4.69) is 6.58 Å². The molecule has 1 aliphatic rings. The second kappa shape index (κ2) is 3.00. The third-order valence-corrected chi connectivity index (χ3v) is 2.41. The molecule has 0 heterocycles. The van der Waals surface area contributed by atoms with Gasteiger partial charge in [-0.25, -0.2) is 0 Å². The number of ketones is 1. The first-order valence-corrected chi connectivity index (χ1v) is 3.91. The summed E-state index contributed by atoms with van der Waals surface area (Å²) in [6.45, 7) is 5.72. The van der Waals surface area contributed by atoms with Crippen LogP contribution in [0.25, 0.3) is 0 Å². The molecule has 56 valence electrons. The van der Waals surface area contributed by atoms with E-state index in [1.54, 1.807) is 0 Å². The van der Waals surface area contributed by atoms with Gasteiger partial charge in [0.05, 0.1) is 0 Å². The van der Waals surface area contributed by atoms with Crippen LogP contribution in [0.3, 0.4) is 0 Å². The summed E-state index contributed by atoms with van der Waals surface area (Å²) in [4.78, 5) is 11.1. The Labute approximate surface area is 62.1 Å². The van der Waals surface area contributed by atoms with Crippen LogP contribution in [0, 0.1) is 11.8 Å². The van der Waals surface area contributed by atoms with Crippen molar-refractivity contribution in [1.82, 2.24) is 0 Å². The lowest BCUT2D eigenvalue weighted by atomic mass is 9.80. The number of rotatable bonds is 1. The Morgan fingerprint density at radius 3 is 2.90 bits per heavy atom. The molecule has 0 aromatic heterocycles. The summed E-state index contributed by atoms with van der Waals surface area (Å²) in [5.74, 6) is 1.09. The highest BCUT2D eigenvalue weighted by Gasteiger charge is 2.25. The molecule has 0 bridgehead atoms. The van der Waals surface area contributed by atoms with Gasteiger partial charge >= 0.3 is 0 Å². The lowest BCUT2D eigenvalue weighted by molar-refractivity contribution is -0.125. The fourth-order valence-electron chi connectivity index (χ4n) is 1.55. The average molecular weight is 138 g/mol. The molecule has 1 aliphatic carbocycles. The van der Waals surface area contributed by atoms with Crippen LogP contribution in [0.2, 0.25) is 0 Å². The van der Waals surface area contributed by atoms with Gasteiger partial charge in [-0.3, -0.25) is 4.79 Å². The van der Waals surface area contributed by atoms with Crippen molar-refractivity contribution in [1.29, 1.82) is 0 Å². The summed E-state index contributed by atoms with van der Waals surface area (Å²) in [6.07, 6.45) is 4.91. The maximum Gasteiger partial charge on any atom is 0.136 e. The van der Waals surface area contributed by atoms with Crippen molar-refractivity contribution in [3.8, 4) is 0 Å². The lowest BCUT2D eigenvalue weighted by Gasteiger charge is -2.24. The highest BCUT2D eigenvalue weighted by atomic mass is 16.1. The molecule has 0 aromatic rings. The number of hydrogen-bond donors (Lipinski definition) is 0. The van der Waals surface area contributed by atoms with E-state index in [9.17, 15) is 4.79 Å². The van der Waals surface area contributed by atoms with E-state index in [0.29, 0.717) is 11.7 Å². The highest BCUT2D eigenvalue weighted by Crippen LogP contribution is 2.27. The Morgan fingerprint density at radius 1 is 1.70 bits per heavy atom. The van der Waals surface area contributed by atoms with Crippen molar-refractivity contribution in [2.75, 3.05) is 0 Å². The van der Waals surface area contributed by atoms with E-state index in [1.807, 2.05) is 13.0 Å². The molecule has 1 saturated carbocycles. The fraction of sp³-hybridized carbons (Fsp3) is 0.667. The summed E-state index contributed by atoms with van der Waals surface area (Å²) in [7, 11) is 0. The topological polar surface area (TPSA) is 17.1 Å². The first kappa shape index (κ1) is 7.52. The number of carbonyl (C=O) groups excluding carboxylic acids is 1. The van der Waals surface area contributed by atoms with Crippen LogP contribution < -0.4 is 0 Å². The molecule has 0 aromatic carbocycles. The van der Waals surface area contributed by atoms with Crippen molar-refractivity contribution in [3.63, 3.8) is 0 Å². The largest absolute Gasteiger partial charge is 0.299 e. The second-order valence-corrected chi connectivity index (χ2v) is 3.05. The lowest BCUT2D eigenvalue weighted by Crippen LogP contribution is -2.24. The molecule has 0 spiro atoms. The molecule has 10 heavy (non-hydrogen) atoms. The molecule has 0 amide bonds. The van der Waals surface area contributed by atoms with Crippen LogP contribution in [-0.2, 0) is 4.79 Å². The molecule has 1 heteroatoms. The van der Waals surface area contributed by atoms with Crippen LogP contribution >= 0.6 is 0 Å². The number of carbonyl (C=O) groups is 1. The molecular formula is C9H14O. The highest BCUT2D eigenvalue weighted by molar-refractivity contribution is 5.81. The minimum Gasteiger partial charge on any atom is -0.299 e. The SMILES string of the molecule is C=C[C@H]1CCCC(=O)[C@H]1C. The van der Waals surface area contributed by atoms with Crippen molar-refractivity contribution in [2.24, 2.45) is 11.8 Å². The quantitative estimate of drug-likeness (QED) is 0.507. The molecule has 0 unspecified atom stereocenters. The first-order valence-electron chi connectivity index (χ1n) is 3.91. The summed E-state index contributed by atoms with van der Waals surface area (Å²) in [6, 6.07) is 0. The minimum atomic E-state index is 0.228. The Kier molecular flexibility index (Phi) is 2.25. The Hall–Kier alpha value is -0.590. The van der Waals surface area contributed by atoms with E-state index in [-0.39, 0.29) is 5.92 Å². The van der Waals surface area contributed by atoms with Gasteiger partial charge in [-0.2, -0.15) is 0 Å².